The lowest BCUT2D eigenvalue weighted by atomic mass is 10.1. The van der Waals surface area contributed by atoms with Gasteiger partial charge in [-0.05, 0) is 30.7 Å². The van der Waals surface area contributed by atoms with Crippen LogP contribution < -0.4 is 5.32 Å². The molecule has 0 spiro atoms. The molecule has 0 aliphatic rings. The van der Waals surface area contributed by atoms with Crippen molar-refractivity contribution in [2.75, 3.05) is 5.32 Å². The van der Waals surface area contributed by atoms with Crippen molar-refractivity contribution in [2.45, 2.75) is 17.9 Å². The fourth-order valence-corrected chi connectivity index (χ4v) is 2.91. The summed E-state index contributed by atoms with van der Waals surface area (Å²) in [5.41, 5.74) is 0.849. The van der Waals surface area contributed by atoms with Gasteiger partial charge < -0.3 is 15.5 Å². The molecule has 0 aliphatic carbocycles. The molecule has 0 radical (unpaired) electrons. The Hall–Kier alpha value is -2.80. The molecule has 0 saturated carbocycles. The predicted molar refractivity (Wildman–Crippen MR) is 96.2 cm³/mol. The molecule has 0 fully saturated rings. The Kier molecular flexibility index (Phi) is 6.19. The van der Waals surface area contributed by atoms with Crippen LogP contribution in [0.15, 0.2) is 48.5 Å². The van der Waals surface area contributed by atoms with Gasteiger partial charge in [-0.25, -0.2) is 9.59 Å². The summed E-state index contributed by atoms with van der Waals surface area (Å²) in [4.78, 5) is 34.5. The number of carbonyl (C=O) groups is 3. The number of rotatable bonds is 7. The maximum atomic E-state index is 12.3. The minimum absolute atomic E-state index is 0.148. The van der Waals surface area contributed by atoms with Crippen LogP contribution in [0.5, 0.6) is 0 Å². The van der Waals surface area contributed by atoms with Crippen LogP contribution in [0.1, 0.15) is 33.2 Å². The Morgan fingerprint density at radius 1 is 1.00 bits per heavy atom. The molecule has 2 aromatic carbocycles. The van der Waals surface area contributed by atoms with Gasteiger partial charge in [0.25, 0.3) is 0 Å². The number of thioether (sulfide) groups is 1. The largest absolute Gasteiger partial charge is 0.478 e. The highest BCUT2D eigenvalue weighted by molar-refractivity contribution is 7.99. The summed E-state index contributed by atoms with van der Waals surface area (Å²) in [5.74, 6) is -2.18. The van der Waals surface area contributed by atoms with Gasteiger partial charge in [0.15, 0.2) is 0 Å². The van der Waals surface area contributed by atoms with Gasteiger partial charge in [0, 0.05) is 11.4 Å². The van der Waals surface area contributed by atoms with Crippen LogP contribution in [0.4, 0.5) is 5.69 Å². The van der Waals surface area contributed by atoms with Gasteiger partial charge in [0.1, 0.15) is 0 Å². The first-order valence-electron chi connectivity index (χ1n) is 7.45. The molecule has 0 aliphatic heterocycles. The molecular formula is C18H17NO5S. The van der Waals surface area contributed by atoms with Gasteiger partial charge in [0.2, 0.25) is 5.91 Å². The molecule has 0 saturated heterocycles. The summed E-state index contributed by atoms with van der Waals surface area (Å²) in [6.45, 7) is 1.74. The Balaban J connectivity index is 2.06. The smallest absolute Gasteiger partial charge is 0.335 e. The van der Waals surface area contributed by atoms with Gasteiger partial charge in [-0.15, -0.1) is 11.8 Å². The molecule has 2 aromatic rings. The van der Waals surface area contributed by atoms with E-state index < -0.39 is 11.9 Å². The first-order valence-corrected chi connectivity index (χ1v) is 8.50. The molecule has 0 aromatic heterocycles. The second kappa shape index (κ2) is 8.34. The maximum Gasteiger partial charge on any atom is 0.335 e. The van der Waals surface area contributed by atoms with Crippen molar-refractivity contribution in [1.29, 1.82) is 0 Å². The average Bonchev–Trinajstić information content (AvgIpc) is 2.60. The highest BCUT2D eigenvalue weighted by Crippen LogP contribution is 2.21. The highest BCUT2D eigenvalue weighted by Gasteiger charge is 2.16. The predicted octanol–water partition coefficient (Wildman–Crippen LogP) is 3.34. The quantitative estimate of drug-likeness (QED) is 0.700. The van der Waals surface area contributed by atoms with Crippen molar-refractivity contribution in [3.05, 3.63) is 65.2 Å². The molecule has 0 heterocycles. The molecule has 2 rings (SSSR count). The van der Waals surface area contributed by atoms with E-state index in [1.807, 2.05) is 30.3 Å². The molecule has 6 nitrogen and oxygen atoms in total. The lowest BCUT2D eigenvalue weighted by molar-refractivity contribution is -0.115. The Labute approximate surface area is 148 Å². The van der Waals surface area contributed by atoms with Crippen molar-refractivity contribution in [3.63, 3.8) is 0 Å². The van der Waals surface area contributed by atoms with E-state index in [9.17, 15) is 14.4 Å². The van der Waals surface area contributed by atoms with E-state index in [4.69, 9.17) is 10.2 Å². The number of benzene rings is 2. The fourth-order valence-electron chi connectivity index (χ4n) is 2.06. The zero-order chi connectivity index (χ0) is 18.4. The van der Waals surface area contributed by atoms with Crippen LogP contribution in [0.25, 0.3) is 0 Å². The second-order valence-electron chi connectivity index (χ2n) is 5.34. The molecule has 0 unspecified atom stereocenters. The number of carboxylic acids is 2. The van der Waals surface area contributed by atoms with Gasteiger partial charge in [-0.3, -0.25) is 4.79 Å². The van der Waals surface area contributed by atoms with Crippen LogP contribution in [-0.4, -0.2) is 33.3 Å². The summed E-state index contributed by atoms with van der Waals surface area (Å²) in [6, 6.07) is 13.2. The number of carboxylic acid groups (broad SMARTS) is 2. The number of hydrogen-bond acceptors (Lipinski definition) is 4. The number of amides is 1. The Bertz CT molecular complexity index is 759. The van der Waals surface area contributed by atoms with Crippen molar-refractivity contribution < 1.29 is 24.6 Å². The third kappa shape index (κ3) is 5.36. The number of carbonyl (C=O) groups excluding carboxylic acids is 1. The van der Waals surface area contributed by atoms with Crippen LogP contribution >= 0.6 is 11.8 Å². The van der Waals surface area contributed by atoms with E-state index in [2.05, 4.69) is 5.32 Å². The zero-order valence-corrected chi connectivity index (χ0v) is 14.2. The summed E-state index contributed by atoms with van der Waals surface area (Å²) < 4.78 is 0. The van der Waals surface area contributed by atoms with E-state index in [0.717, 1.165) is 11.6 Å². The van der Waals surface area contributed by atoms with E-state index >= 15 is 0 Å². The molecule has 130 valence electrons. The van der Waals surface area contributed by atoms with Crippen LogP contribution in [0.3, 0.4) is 0 Å². The molecule has 7 heteroatoms. The molecule has 3 N–H and O–H groups in total. The van der Waals surface area contributed by atoms with Crippen molar-refractivity contribution in [2.24, 2.45) is 0 Å². The highest BCUT2D eigenvalue weighted by atomic mass is 32.2. The van der Waals surface area contributed by atoms with Crippen molar-refractivity contribution in [3.8, 4) is 0 Å². The second-order valence-corrected chi connectivity index (χ2v) is 6.67. The number of aromatic carboxylic acids is 2. The normalized spacial score (nSPS) is 11.6. The monoisotopic (exact) mass is 359 g/mol. The number of nitrogens with one attached hydrogen (secondary N) is 1. The van der Waals surface area contributed by atoms with Crippen molar-refractivity contribution in [1.82, 2.24) is 0 Å². The lowest BCUT2D eigenvalue weighted by Crippen LogP contribution is -2.23. The molecule has 0 bridgehead atoms. The SMILES string of the molecule is C[C@@H](SCc1ccccc1)C(=O)Nc1cc(C(=O)O)cc(C(=O)O)c1. The minimum atomic E-state index is -1.26. The summed E-state index contributed by atoms with van der Waals surface area (Å²) >= 11 is 1.43. The molecule has 1 amide bonds. The van der Waals surface area contributed by atoms with E-state index in [-0.39, 0.29) is 28.0 Å². The molecule has 25 heavy (non-hydrogen) atoms. The number of anilines is 1. The van der Waals surface area contributed by atoms with E-state index in [0.29, 0.717) is 5.75 Å². The third-order valence-electron chi connectivity index (χ3n) is 3.41. The Morgan fingerprint density at radius 3 is 2.08 bits per heavy atom. The molecule has 1 atom stereocenters. The van der Waals surface area contributed by atoms with Gasteiger partial charge in [0.05, 0.1) is 16.4 Å². The topological polar surface area (TPSA) is 104 Å². The maximum absolute atomic E-state index is 12.3. The van der Waals surface area contributed by atoms with Crippen LogP contribution in [0, 0.1) is 0 Å². The minimum Gasteiger partial charge on any atom is -0.478 e. The first-order chi connectivity index (χ1) is 11.9. The first kappa shape index (κ1) is 18.5. The Morgan fingerprint density at radius 2 is 1.56 bits per heavy atom. The lowest BCUT2D eigenvalue weighted by Gasteiger charge is -2.13. The summed E-state index contributed by atoms with van der Waals surface area (Å²) in [5, 5.41) is 20.3. The van der Waals surface area contributed by atoms with Crippen molar-refractivity contribution >= 4 is 35.3 Å². The zero-order valence-electron chi connectivity index (χ0n) is 13.4. The third-order valence-corrected chi connectivity index (χ3v) is 4.62. The fraction of sp³-hybridized carbons (Fsp3) is 0.167. The summed E-state index contributed by atoms with van der Waals surface area (Å²) in [6.07, 6.45) is 0. The van der Waals surface area contributed by atoms with E-state index in [1.54, 1.807) is 6.92 Å². The average molecular weight is 359 g/mol. The molecular weight excluding hydrogens is 342 g/mol. The van der Waals surface area contributed by atoms with E-state index in [1.165, 1.54) is 23.9 Å². The van der Waals surface area contributed by atoms with Crippen LogP contribution in [-0.2, 0) is 10.5 Å². The van der Waals surface area contributed by atoms with Crippen LogP contribution in [0.2, 0.25) is 0 Å². The number of hydrogen-bond donors (Lipinski definition) is 3. The van der Waals surface area contributed by atoms with Gasteiger partial charge >= 0.3 is 11.9 Å². The summed E-state index contributed by atoms with van der Waals surface area (Å²) in [7, 11) is 0. The van der Waals surface area contributed by atoms with Gasteiger partial charge in [-0.1, -0.05) is 30.3 Å². The van der Waals surface area contributed by atoms with Gasteiger partial charge in [-0.2, -0.15) is 0 Å². The standard InChI is InChI=1S/C18H17NO5S/c1-11(25-10-12-5-3-2-4-6-12)16(20)19-15-8-13(17(21)22)7-14(9-15)18(23)24/h2-9,11H,10H2,1H3,(H,19,20)(H,21,22)(H,23,24)/t11-/m1/s1.